The molecule has 2 atom stereocenters. The molecule has 1 aromatic heterocycles. The molecule has 1 N–H and O–H groups in total. The van der Waals surface area contributed by atoms with Crippen LogP contribution in [-0.2, 0) is 17.7 Å². The number of hydrogen-bond acceptors (Lipinski definition) is 3. The lowest BCUT2D eigenvalue weighted by atomic mass is 9.96. The minimum atomic E-state index is 0.555. The van der Waals surface area contributed by atoms with Gasteiger partial charge >= 0.3 is 0 Å². The van der Waals surface area contributed by atoms with Gasteiger partial charge in [0.05, 0.1) is 12.3 Å². The quantitative estimate of drug-likeness (QED) is 0.840. The lowest BCUT2D eigenvalue weighted by Crippen LogP contribution is -2.36. The smallest absolute Gasteiger partial charge is 0.0573 e. The van der Waals surface area contributed by atoms with Crippen molar-refractivity contribution in [1.29, 1.82) is 0 Å². The number of hydrogen-bond donors (Lipinski definition) is 1. The van der Waals surface area contributed by atoms with Crippen LogP contribution in [0.4, 0.5) is 0 Å². The van der Waals surface area contributed by atoms with Crippen molar-refractivity contribution in [3.05, 3.63) is 29.6 Å². The zero-order valence-electron chi connectivity index (χ0n) is 11.5. The first-order valence-corrected chi connectivity index (χ1v) is 7.09. The van der Waals surface area contributed by atoms with E-state index in [1.807, 2.05) is 12.3 Å². The van der Waals surface area contributed by atoms with E-state index in [0.717, 1.165) is 32.6 Å². The van der Waals surface area contributed by atoms with Crippen molar-refractivity contribution in [2.75, 3.05) is 13.2 Å². The maximum absolute atomic E-state index is 5.48. The lowest BCUT2D eigenvalue weighted by Gasteiger charge is -2.22. The van der Waals surface area contributed by atoms with E-state index in [2.05, 4.69) is 30.2 Å². The van der Waals surface area contributed by atoms with E-state index < -0.39 is 0 Å². The molecule has 1 aliphatic heterocycles. The molecular formula is C15H24N2O. The third kappa shape index (κ3) is 3.30. The summed E-state index contributed by atoms with van der Waals surface area (Å²) in [7, 11) is 0. The summed E-state index contributed by atoms with van der Waals surface area (Å²) < 4.78 is 5.48. The molecule has 0 aliphatic carbocycles. The van der Waals surface area contributed by atoms with Crippen LogP contribution in [0.5, 0.6) is 0 Å². The molecule has 2 heterocycles. The molecule has 3 nitrogen and oxygen atoms in total. The largest absolute Gasteiger partial charge is 0.381 e. The number of rotatable bonds is 6. The fourth-order valence-corrected chi connectivity index (χ4v) is 2.69. The molecule has 2 unspecified atom stereocenters. The molecule has 0 bridgehead atoms. The van der Waals surface area contributed by atoms with Crippen molar-refractivity contribution in [1.82, 2.24) is 10.3 Å². The van der Waals surface area contributed by atoms with Crippen LogP contribution in [0.1, 0.15) is 37.9 Å². The van der Waals surface area contributed by atoms with Crippen molar-refractivity contribution < 1.29 is 4.74 Å². The average Bonchev–Trinajstić information content (AvgIpc) is 2.94. The molecule has 1 aliphatic rings. The second-order valence-corrected chi connectivity index (χ2v) is 4.98. The van der Waals surface area contributed by atoms with Gasteiger partial charge in [-0.2, -0.15) is 0 Å². The van der Waals surface area contributed by atoms with Gasteiger partial charge in [0, 0.05) is 25.4 Å². The fraction of sp³-hybridized carbons (Fsp3) is 0.667. The van der Waals surface area contributed by atoms with Gasteiger partial charge in [-0.15, -0.1) is 0 Å². The Kier molecular flexibility index (Phi) is 5.14. The van der Waals surface area contributed by atoms with Crippen molar-refractivity contribution in [3.63, 3.8) is 0 Å². The molecule has 1 saturated heterocycles. The zero-order valence-corrected chi connectivity index (χ0v) is 11.5. The average molecular weight is 248 g/mol. The molecule has 1 fully saturated rings. The van der Waals surface area contributed by atoms with Crippen LogP contribution in [0.25, 0.3) is 0 Å². The standard InChI is InChI=1S/C15H24N2O/c1-3-12-6-5-8-16-15(12)10-17-14(4-2)13-7-9-18-11-13/h5-6,8,13-14,17H,3-4,7,9-11H2,1-2H3. The van der Waals surface area contributed by atoms with E-state index in [1.54, 1.807) is 0 Å². The van der Waals surface area contributed by atoms with E-state index in [-0.39, 0.29) is 0 Å². The van der Waals surface area contributed by atoms with Crippen LogP contribution in [0.3, 0.4) is 0 Å². The number of pyridine rings is 1. The first-order valence-electron chi connectivity index (χ1n) is 7.09. The van der Waals surface area contributed by atoms with Crippen molar-refractivity contribution in [2.45, 2.75) is 45.7 Å². The molecular weight excluding hydrogens is 224 g/mol. The summed E-state index contributed by atoms with van der Waals surface area (Å²) in [6, 6.07) is 4.74. The Morgan fingerprint density at radius 2 is 2.39 bits per heavy atom. The second kappa shape index (κ2) is 6.86. The van der Waals surface area contributed by atoms with Crippen LogP contribution >= 0.6 is 0 Å². The van der Waals surface area contributed by atoms with E-state index in [1.165, 1.54) is 17.7 Å². The van der Waals surface area contributed by atoms with Crippen LogP contribution in [0.2, 0.25) is 0 Å². The van der Waals surface area contributed by atoms with Gasteiger partial charge in [0.15, 0.2) is 0 Å². The minimum absolute atomic E-state index is 0.555. The molecule has 2 rings (SSSR count). The van der Waals surface area contributed by atoms with Crippen molar-refractivity contribution in [3.8, 4) is 0 Å². The summed E-state index contributed by atoms with van der Waals surface area (Å²) >= 11 is 0. The number of aromatic nitrogens is 1. The van der Waals surface area contributed by atoms with Crippen LogP contribution in [0.15, 0.2) is 18.3 Å². The fourth-order valence-electron chi connectivity index (χ4n) is 2.69. The Morgan fingerprint density at radius 3 is 3.06 bits per heavy atom. The highest BCUT2D eigenvalue weighted by Crippen LogP contribution is 2.19. The van der Waals surface area contributed by atoms with Gasteiger partial charge in [0.25, 0.3) is 0 Å². The number of aryl methyl sites for hydroxylation is 1. The zero-order chi connectivity index (χ0) is 12.8. The van der Waals surface area contributed by atoms with Crippen LogP contribution in [0, 0.1) is 5.92 Å². The minimum Gasteiger partial charge on any atom is -0.381 e. The Labute approximate surface area is 110 Å². The summed E-state index contributed by atoms with van der Waals surface area (Å²) in [4.78, 5) is 4.49. The van der Waals surface area contributed by atoms with Gasteiger partial charge in [-0.05, 0) is 36.8 Å². The SMILES string of the molecule is CCc1cccnc1CNC(CC)C1CCOC1. The molecule has 100 valence electrons. The van der Waals surface area contributed by atoms with Crippen LogP contribution < -0.4 is 5.32 Å². The van der Waals surface area contributed by atoms with E-state index in [0.29, 0.717) is 12.0 Å². The highest BCUT2D eigenvalue weighted by atomic mass is 16.5. The summed E-state index contributed by atoms with van der Waals surface area (Å²) in [6.07, 6.45) is 5.28. The van der Waals surface area contributed by atoms with Gasteiger partial charge < -0.3 is 10.1 Å². The lowest BCUT2D eigenvalue weighted by molar-refractivity contribution is 0.175. The Balaban J connectivity index is 1.92. The molecule has 0 spiro atoms. The molecule has 3 heteroatoms. The third-order valence-electron chi connectivity index (χ3n) is 3.87. The maximum Gasteiger partial charge on any atom is 0.0573 e. The summed E-state index contributed by atoms with van der Waals surface area (Å²) in [5, 5.41) is 3.66. The summed E-state index contributed by atoms with van der Waals surface area (Å²) in [6.45, 7) is 7.14. The van der Waals surface area contributed by atoms with Gasteiger partial charge in [-0.25, -0.2) is 0 Å². The monoisotopic (exact) mass is 248 g/mol. The summed E-state index contributed by atoms with van der Waals surface area (Å²) in [5.41, 5.74) is 2.54. The van der Waals surface area contributed by atoms with E-state index >= 15 is 0 Å². The topological polar surface area (TPSA) is 34.2 Å². The third-order valence-corrected chi connectivity index (χ3v) is 3.87. The predicted molar refractivity (Wildman–Crippen MR) is 73.5 cm³/mol. The molecule has 0 radical (unpaired) electrons. The molecule has 0 aromatic carbocycles. The molecule has 0 amide bonds. The Hall–Kier alpha value is -0.930. The van der Waals surface area contributed by atoms with Crippen LogP contribution in [-0.4, -0.2) is 24.2 Å². The first kappa shape index (κ1) is 13.5. The van der Waals surface area contributed by atoms with Crippen molar-refractivity contribution in [2.24, 2.45) is 5.92 Å². The number of nitrogens with one attached hydrogen (secondary N) is 1. The van der Waals surface area contributed by atoms with Gasteiger partial charge in [-0.3, -0.25) is 4.98 Å². The van der Waals surface area contributed by atoms with E-state index in [4.69, 9.17) is 4.74 Å². The Morgan fingerprint density at radius 1 is 1.50 bits per heavy atom. The highest BCUT2D eigenvalue weighted by molar-refractivity contribution is 5.19. The van der Waals surface area contributed by atoms with E-state index in [9.17, 15) is 0 Å². The first-order chi connectivity index (χ1) is 8.85. The Bertz CT molecular complexity index is 361. The second-order valence-electron chi connectivity index (χ2n) is 4.98. The maximum atomic E-state index is 5.48. The molecule has 1 aromatic rings. The number of nitrogens with zero attached hydrogens (tertiary/aromatic N) is 1. The highest BCUT2D eigenvalue weighted by Gasteiger charge is 2.24. The molecule has 18 heavy (non-hydrogen) atoms. The van der Waals surface area contributed by atoms with Gasteiger partial charge in [0.2, 0.25) is 0 Å². The van der Waals surface area contributed by atoms with Gasteiger partial charge in [-0.1, -0.05) is 19.9 Å². The van der Waals surface area contributed by atoms with Crippen molar-refractivity contribution >= 4 is 0 Å². The normalized spacial score (nSPS) is 21.1. The predicted octanol–water partition coefficient (Wildman–Crippen LogP) is 2.55. The number of ether oxygens (including phenoxy) is 1. The van der Waals surface area contributed by atoms with Gasteiger partial charge in [0.1, 0.15) is 0 Å². The molecule has 0 saturated carbocycles. The summed E-state index contributed by atoms with van der Waals surface area (Å²) in [5.74, 6) is 0.670.